The van der Waals surface area contributed by atoms with Crippen molar-refractivity contribution in [3.8, 4) is 5.69 Å². The fraction of sp³-hybridized carbons (Fsp3) is 0.353. The molecular formula is C17H19ClN4O2. The van der Waals surface area contributed by atoms with E-state index in [0.717, 1.165) is 24.2 Å². The maximum atomic E-state index is 12.4. The van der Waals surface area contributed by atoms with Crippen molar-refractivity contribution in [1.82, 2.24) is 20.4 Å². The third-order valence-corrected chi connectivity index (χ3v) is 4.37. The van der Waals surface area contributed by atoms with Crippen molar-refractivity contribution in [3.63, 3.8) is 0 Å². The molecule has 2 aromatic rings. The Hall–Kier alpha value is -2.34. The predicted octanol–water partition coefficient (Wildman–Crippen LogP) is 2.23. The molecule has 0 saturated carbocycles. The van der Waals surface area contributed by atoms with Gasteiger partial charge < -0.3 is 10.6 Å². The molecule has 6 nitrogen and oxygen atoms in total. The van der Waals surface area contributed by atoms with E-state index in [1.165, 1.54) is 0 Å². The van der Waals surface area contributed by atoms with Crippen molar-refractivity contribution in [2.24, 2.45) is 0 Å². The number of carbonyl (C=O) groups is 2. The van der Waals surface area contributed by atoms with E-state index in [0.29, 0.717) is 23.6 Å². The van der Waals surface area contributed by atoms with Crippen molar-refractivity contribution in [2.75, 3.05) is 6.54 Å². The van der Waals surface area contributed by atoms with Crippen LogP contribution in [0.5, 0.6) is 0 Å². The number of hydrogen-bond acceptors (Lipinski definition) is 3. The molecule has 0 spiro atoms. The molecule has 1 aromatic carbocycles. The molecule has 0 bridgehead atoms. The van der Waals surface area contributed by atoms with Crippen LogP contribution in [0.25, 0.3) is 5.69 Å². The van der Waals surface area contributed by atoms with Crippen LogP contribution in [0.2, 0.25) is 5.02 Å². The van der Waals surface area contributed by atoms with Crippen LogP contribution in [0.4, 0.5) is 0 Å². The number of amides is 2. The molecule has 0 unspecified atom stereocenters. The van der Waals surface area contributed by atoms with E-state index in [1.54, 1.807) is 23.0 Å². The molecule has 1 aliphatic rings. The summed E-state index contributed by atoms with van der Waals surface area (Å²) < 4.78 is 1.68. The van der Waals surface area contributed by atoms with Gasteiger partial charge in [0, 0.05) is 24.0 Å². The first kappa shape index (κ1) is 16.5. The summed E-state index contributed by atoms with van der Waals surface area (Å²) in [5.74, 6) is -0.147. The van der Waals surface area contributed by atoms with Crippen LogP contribution in [0.3, 0.4) is 0 Å². The maximum Gasteiger partial charge on any atom is 0.254 e. The van der Waals surface area contributed by atoms with E-state index < -0.39 is 0 Å². The summed E-state index contributed by atoms with van der Waals surface area (Å²) in [7, 11) is 0. The molecule has 2 amide bonds. The van der Waals surface area contributed by atoms with Gasteiger partial charge in [-0.25, -0.2) is 4.68 Å². The van der Waals surface area contributed by atoms with Crippen LogP contribution in [-0.2, 0) is 4.79 Å². The van der Waals surface area contributed by atoms with E-state index >= 15 is 0 Å². The van der Waals surface area contributed by atoms with Gasteiger partial charge in [0.05, 0.1) is 23.1 Å². The van der Waals surface area contributed by atoms with Crippen LogP contribution >= 0.6 is 11.6 Å². The van der Waals surface area contributed by atoms with E-state index in [9.17, 15) is 9.59 Å². The number of carbonyl (C=O) groups excluding carboxylic acids is 2. The number of halogens is 1. The fourth-order valence-electron chi connectivity index (χ4n) is 2.85. The molecule has 3 rings (SSSR count). The monoisotopic (exact) mass is 346 g/mol. The third kappa shape index (κ3) is 3.59. The highest BCUT2D eigenvalue weighted by Gasteiger charge is 2.20. The molecule has 1 aromatic heterocycles. The maximum absolute atomic E-state index is 12.4. The first-order valence-electron chi connectivity index (χ1n) is 7.92. The quantitative estimate of drug-likeness (QED) is 0.891. The number of aromatic nitrogens is 2. The Balaban J connectivity index is 1.69. The van der Waals surface area contributed by atoms with Gasteiger partial charge in [-0.2, -0.15) is 5.10 Å². The second-order valence-electron chi connectivity index (χ2n) is 5.90. The predicted molar refractivity (Wildman–Crippen MR) is 91.4 cm³/mol. The minimum Gasteiger partial charge on any atom is -0.352 e. The van der Waals surface area contributed by atoms with Crippen molar-refractivity contribution in [1.29, 1.82) is 0 Å². The summed E-state index contributed by atoms with van der Waals surface area (Å²) >= 11 is 6.01. The minimum atomic E-state index is -0.194. The zero-order valence-electron chi connectivity index (χ0n) is 13.4. The highest BCUT2D eigenvalue weighted by molar-refractivity contribution is 6.30. The normalized spacial score (nSPS) is 17.4. The molecule has 2 heterocycles. The smallest absolute Gasteiger partial charge is 0.254 e. The lowest BCUT2D eigenvalue weighted by molar-refractivity contribution is -0.123. The highest BCUT2D eigenvalue weighted by Crippen LogP contribution is 2.18. The zero-order chi connectivity index (χ0) is 17.1. The van der Waals surface area contributed by atoms with Crippen molar-refractivity contribution >= 4 is 23.4 Å². The summed E-state index contributed by atoms with van der Waals surface area (Å²) in [6.45, 7) is 2.26. The van der Waals surface area contributed by atoms with Gasteiger partial charge in [-0.3, -0.25) is 9.59 Å². The summed E-state index contributed by atoms with van der Waals surface area (Å²) in [6, 6.07) is 7.30. The first-order chi connectivity index (χ1) is 11.5. The minimum absolute atomic E-state index is 0.00141. The topological polar surface area (TPSA) is 76.0 Å². The van der Waals surface area contributed by atoms with Gasteiger partial charge in [0.1, 0.15) is 0 Å². The fourth-order valence-corrected chi connectivity index (χ4v) is 3.03. The molecule has 7 heteroatoms. The van der Waals surface area contributed by atoms with E-state index in [2.05, 4.69) is 15.7 Å². The molecule has 24 heavy (non-hydrogen) atoms. The third-order valence-electron chi connectivity index (χ3n) is 4.14. The van der Waals surface area contributed by atoms with Gasteiger partial charge in [-0.15, -0.1) is 0 Å². The zero-order valence-corrected chi connectivity index (χ0v) is 14.1. The Morgan fingerprint density at radius 1 is 1.50 bits per heavy atom. The molecule has 1 atom stereocenters. The summed E-state index contributed by atoms with van der Waals surface area (Å²) in [5.41, 5.74) is 2.05. The molecule has 126 valence electrons. The Morgan fingerprint density at radius 2 is 2.33 bits per heavy atom. The van der Waals surface area contributed by atoms with Crippen LogP contribution < -0.4 is 10.6 Å². The highest BCUT2D eigenvalue weighted by atomic mass is 35.5. The van der Waals surface area contributed by atoms with E-state index in [1.807, 2.05) is 19.1 Å². The molecule has 1 aliphatic heterocycles. The van der Waals surface area contributed by atoms with Gasteiger partial charge in [-0.05, 0) is 38.0 Å². The lowest BCUT2D eigenvalue weighted by atomic mass is 10.0. The van der Waals surface area contributed by atoms with Crippen LogP contribution in [-0.4, -0.2) is 34.2 Å². The molecule has 1 saturated heterocycles. The van der Waals surface area contributed by atoms with Crippen molar-refractivity contribution in [3.05, 3.63) is 46.7 Å². The van der Waals surface area contributed by atoms with E-state index in [-0.39, 0.29) is 17.9 Å². The summed E-state index contributed by atoms with van der Waals surface area (Å²) in [4.78, 5) is 23.8. The number of nitrogens with zero attached hydrogens (tertiary/aromatic N) is 2. The average molecular weight is 347 g/mol. The summed E-state index contributed by atoms with van der Waals surface area (Å²) in [6.07, 6.45) is 3.85. The summed E-state index contributed by atoms with van der Waals surface area (Å²) in [5, 5.41) is 10.7. The van der Waals surface area contributed by atoms with Crippen LogP contribution in [0.1, 0.15) is 35.3 Å². The molecule has 2 N–H and O–H groups in total. The molecule has 0 radical (unpaired) electrons. The number of hydrogen-bond donors (Lipinski definition) is 2. The van der Waals surface area contributed by atoms with Crippen molar-refractivity contribution in [2.45, 2.75) is 32.2 Å². The standard InChI is InChI=1S/C17H19ClN4O2/c1-11-15(10-20-22(11)14-6-2-4-12(18)8-14)17(24)19-9-13-5-3-7-16(23)21-13/h2,4,6,8,10,13H,3,5,7,9H2,1H3,(H,19,24)(H,21,23)/t13-/m1/s1. The number of benzene rings is 1. The lowest BCUT2D eigenvalue weighted by Crippen LogP contribution is -2.46. The Morgan fingerprint density at radius 3 is 3.08 bits per heavy atom. The second-order valence-corrected chi connectivity index (χ2v) is 6.34. The van der Waals surface area contributed by atoms with Gasteiger partial charge in [0.15, 0.2) is 0 Å². The van der Waals surface area contributed by atoms with Crippen LogP contribution in [0.15, 0.2) is 30.5 Å². The van der Waals surface area contributed by atoms with Gasteiger partial charge in [0.2, 0.25) is 5.91 Å². The Labute approximate surface area is 145 Å². The SMILES string of the molecule is Cc1c(C(=O)NC[C@H]2CCCC(=O)N2)cnn1-c1cccc(Cl)c1. The number of rotatable bonds is 4. The second kappa shape index (κ2) is 7.05. The van der Waals surface area contributed by atoms with Gasteiger partial charge in [0.25, 0.3) is 5.91 Å². The van der Waals surface area contributed by atoms with Gasteiger partial charge >= 0.3 is 0 Å². The average Bonchev–Trinajstić information content (AvgIpc) is 2.94. The molecule has 0 aliphatic carbocycles. The molecular weight excluding hydrogens is 328 g/mol. The first-order valence-corrected chi connectivity index (χ1v) is 8.30. The van der Waals surface area contributed by atoms with Crippen molar-refractivity contribution < 1.29 is 9.59 Å². The Kier molecular flexibility index (Phi) is 4.85. The van der Waals surface area contributed by atoms with E-state index in [4.69, 9.17) is 11.6 Å². The molecule has 1 fully saturated rings. The lowest BCUT2D eigenvalue weighted by Gasteiger charge is -2.23. The van der Waals surface area contributed by atoms with Crippen LogP contribution in [0, 0.1) is 6.92 Å². The van der Waals surface area contributed by atoms with Gasteiger partial charge in [-0.1, -0.05) is 17.7 Å². The number of nitrogens with one attached hydrogen (secondary N) is 2. The largest absolute Gasteiger partial charge is 0.352 e. The number of piperidine rings is 1. The Bertz CT molecular complexity index is 772.